The van der Waals surface area contributed by atoms with Gasteiger partial charge in [-0.1, -0.05) is 36.2 Å². The number of amides is 1. The summed E-state index contributed by atoms with van der Waals surface area (Å²) in [4.78, 5) is 21.7. The van der Waals surface area contributed by atoms with Crippen LogP contribution in [0, 0.1) is 12.8 Å². The van der Waals surface area contributed by atoms with Gasteiger partial charge in [0.1, 0.15) is 5.82 Å². The number of pyridine rings is 1. The number of para-hydroxylation sites is 1. The van der Waals surface area contributed by atoms with E-state index in [1.165, 1.54) is 24.2 Å². The van der Waals surface area contributed by atoms with Crippen molar-refractivity contribution in [3.63, 3.8) is 0 Å². The quantitative estimate of drug-likeness (QED) is 0.300. The molecule has 1 amide bonds. The van der Waals surface area contributed by atoms with Crippen LogP contribution in [0.4, 0.5) is 23.8 Å². The van der Waals surface area contributed by atoms with Gasteiger partial charge in [0.25, 0.3) is 0 Å². The summed E-state index contributed by atoms with van der Waals surface area (Å²) in [6.45, 7) is 7.41. The second-order valence-electron chi connectivity index (χ2n) is 9.76. The molecule has 1 aliphatic carbocycles. The average molecular weight is 514 g/mol. The molecule has 0 unspecified atom stereocenters. The lowest BCUT2D eigenvalue weighted by Gasteiger charge is -2.34. The van der Waals surface area contributed by atoms with E-state index in [-0.39, 0.29) is 19.7 Å². The summed E-state index contributed by atoms with van der Waals surface area (Å²) < 4.78 is 45.7. The van der Waals surface area contributed by atoms with Crippen LogP contribution < -0.4 is 4.90 Å². The molecule has 0 saturated heterocycles. The van der Waals surface area contributed by atoms with Gasteiger partial charge in [0.15, 0.2) is 0 Å². The molecule has 0 bridgehead atoms. The first-order valence-corrected chi connectivity index (χ1v) is 12.9. The van der Waals surface area contributed by atoms with Crippen LogP contribution in [-0.4, -0.2) is 35.7 Å². The van der Waals surface area contributed by atoms with Gasteiger partial charge in [-0.2, -0.15) is 13.2 Å². The van der Waals surface area contributed by atoms with Crippen LogP contribution >= 0.6 is 0 Å². The van der Waals surface area contributed by atoms with Crippen molar-refractivity contribution >= 4 is 22.8 Å². The van der Waals surface area contributed by atoms with Gasteiger partial charge in [0.2, 0.25) is 0 Å². The highest BCUT2D eigenvalue weighted by molar-refractivity contribution is 5.82. The Balaban J connectivity index is 1.72. The first kappa shape index (κ1) is 26.8. The van der Waals surface area contributed by atoms with Crippen molar-refractivity contribution in [2.45, 2.75) is 59.3 Å². The summed E-state index contributed by atoms with van der Waals surface area (Å²) >= 11 is 0. The summed E-state index contributed by atoms with van der Waals surface area (Å²) in [7, 11) is 0. The number of aromatic nitrogens is 1. The van der Waals surface area contributed by atoms with Crippen LogP contribution in [0.1, 0.15) is 55.4 Å². The van der Waals surface area contributed by atoms with Crippen molar-refractivity contribution in [2.75, 3.05) is 24.6 Å². The second kappa shape index (κ2) is 11.4. The highest BCUT2D eigenvalue weighted by Gasteiger charge is 2.31. The Hall–Kier alpha value is -3.29. The molecule has 3 aromatic rings. The Morgan fingerprint density at radius 3 is 2.49 bits per heavy atom. The molecule has 2 aromatic carbocycles. The third kappa shape index (κ3) is 6.53. The molecular formula is C29H34F3N3O2. The predicted molar refractivity (Wildman–Crippen MR) is 139 cm³/mol. The highest BCUT2D eigenvalue weighted by Crippen LogP contribution is 2.33. The van der Waals surface area contributed by atoms with Crippen molar-refractivity contribution in [3.8, 4) is 0 Å². The topological polar surface area (TPSA) is 45.7 Å². The Morgan fingerprint density at radius 1 is 1.08 bits per heavy atom. The largest absolute Gasteiger partial charge is 0.450 e. The number of hydrogen-bond acceptors (Lipinski definition) is 4. The number of carbonyl (C=O) groups excluding carboxylic acids is 1. The maximum absolute atomic E-state index is 13.5. The minimum absolute atomic E-state index is 0.00932. The number of hydrogen-bond donors (Lipinski definition) is 0. The van der Waals surface area contributed by atoms with Crippen molar-refractivity contribution in [3.05, 3.63) is 70.8 Å². The molecule has 8 heteroatoms. The molecule has 4 rings (SSSR count). The molecule has 0 atom stereocenters. The lowest BCUT2D eigenvalue weighted by molar-refractivity contribution is -0.137. The van der Waals surface area contributed by atoms with Gasteiger partial charge in [0.05, 0.1) is 24.2 Å². The second-order valence-corrected chi connectivity index (χ2v) is 9.76. The Kier molecular flexibility index (Phi) is 8.25. The fraction of sp³-hybridized carbons (Fsp3) is 0.448. The molecule has 37 heavy (non-hydrogen) atoms. The molecule has 1 aliphatic rings. The molecule has 0 radical (unpaired) electrons. The van der Waals surface area contributed by atoms with E-state index in [9.17, 15) is 18.0 Å². The number of fused-ring (bicyclic) bond motifs is 1. The van der Waals surface area contributed by atoms with Gasteiger partial charge in [-0.15, -0.1) is 0 Å². The lowest BCUT2D eigenvalue weighted by Crippen LogP contribution is -2.35. The third-order valence-electron chi connectivity index (χ3n) is 6.89. The number of rotatable bonds is 9. The smallest absolute Gasteiger partial charge is 0.416 e. The molecule has 198 valence electrons. The average Bonchev–Trinajstić information content (AvgIpc) is 2.82. The zero-order chi connectivity index (χ0) is 26.6. The van der Waals surface area contributed by atoms with Crippen molar-refractivity contribution in [2.24, 2.45) is 5.92 Å². The Bertz CT molecular complexity index is 1240. The molecule has 0 N–H and O–H groups in total. The molecule has 1 fully saturated rings. The van der Waals surface area contributed by atoms with Crippen LogP contribution in [-0.2, 0) is 24.0 Å². The van der Waals surface area contributed by atoms with Crippen LogP contribution in [0.25, 0.3) is 10.9 Å². The van der Waals surface area contributed by atoms with Gasteiger partial charge in [-0.05, 0) is 69.4 Å². The van der Waals surface area contributed by atoms with E-state index in [0.29, 0.717) is 17.0 Å². The fourth-order valence-electron chi connectivity index (χ4n) is 4.84. The number of carbonyl (C=O) groups is 1. The van der Waals surface area contributed by atoms with Gasteiger partial charge in [0, 0.05) is 30.6 Å². The number of aryl methyl sites for hydroxylation is 1. The SMILES string of the molecule is CCOC(=O)N(Cc1cc(C)cc(C(F)(F)F)c1)Cc1cc2ccccc2nc1N(CC)CC1CCC1. The zero-order valence-electron chi connectivity index (χ0n) is 21.6. The van der Waals surface area contributed by atoms with E-state index in [1.807, 2.05) is 30.3 Å². The van der Waals surface area contributed by atoms with Crippen LogP contribution in [0.3, 0.4) is 0 Å². The van der Waals surface area contributed by atoms with Crippen LogP contribution in [0.5, 0.6) is 0 Å². The molecule has 5 nitrogen and oxygen atoms in total. The molecule has 0 aliphatic heterocycles. The molecule has 0 spiro atoms. The minimum atomic E-state index is -4.46. The fourth-order valence-corrected chi connectivity index (χ4v) is 4.84. The van der Waals surface area contributed by atoms with E-state index < -0.39 is 17.8 Å². The maximum atomic E-state index is 13.5. The number of alkyl halides is 3. The molecular weight excluding hydrogens is 479 g/mol. The van der Waals surface area contributed by atoms with E-state index in [2.05, 4.69) is 11.8 Å². The van der Waals surface area contributed by atoms with Crippen molar-refractivity contribution < 1.29 is 22.7 Å². The first-order valence-electron chi connectivity index (χ1n) is 12.9. The number of benzene rings is 2. The summed E-state index contributed by atoms with van der Waals surface area (Å²) in [6, 6.07) is 13.8. The predicted octanol–water partition coefficient (Wildman–Crippen LogP) is 7.35. The number of halogens is 3. The zero-order valence-corrected chi connectivity index (χ0v) is 21.6. The summed E-state index contributed by atoms with van der Waals surface area (Å²) in [5.74, 6) is 1.43. The van der Waals surface area contributed by atoms with E-state index in [0.717, 1.165) is 47.5 Å². The van der Waals surface area contributed by atoms with Gasteiger partial charge < -0.3 is 9.64 Å². The standard InChI is InChI=1S/C29H34F3N3O2/c1-4-34(17-21-9-8-10-21)27-24(16-23-11-6-7-12-26(23)33-27)19-35(28(36)37-5-2)18-22-13-20(3)14-25(15-22)29(30,31)32/h6-7,11-16,21H,4-5,8-10,17-19H2,1-3H3. The number of anilines is 1. The highest BCUT2D eigenvalue weighted by atomic mass is 19.4. The summed E-state index contributed by atoms with van der Waals surface area (Å²) in [5, 5.41) is 0.944. The number of ether oxygens (including phenoxy) is 1. The monoisotopic (exact) mass is 513 g/mol. The molecule has 1 aromatic heterocycles. The number of nitrogens with zero attached hydrogens (tertiary/aromatic N) is 3. The third-order valence-corrected chi connectivity index (χ3v) is 6.89. The lowest BCUT2D eigenvalue weighted by atomic mass is 9.85. The molecule has 1 heterocycles. The van der Waals surface area contributed by atoms with Crippen LogP contribution in [0.2, 0.25) is 0 Å². The minimum Gasteiger partial charge on any atom is -0.450 e. The maximum Gasteiger partial charge on any atom is 0.416 e. The van der Waals surface area contributed by atoms with Gasteiger partial charge in [-0.25, -0.2) is 9.78 Å². The Labute approximate surface area is 216 Å². The van der Waals surface area contributed by atoms with Crippen LogP contribution in [0.15, 0.2) is 48.5 Å². The summed E-state index contributed by atoms with van der Waals surface area (Å²) in [6.07, 6.45) is -1.40. The van der Waals surface area contributed by atoms with E-state index in [4.69, 9.17) is 9.72 Å². The van der Waals surface area contributed by atoms with Gasteiger partial charge in [-0.3, -0.25) is 4.90 Å². The van der Waals surface area contributed by atoms with Crippen molar-refractivity contribution in [1.82, 2.24) is 9.88 Å². The normalized spacial score (nSPS) is 13.9. The molecule has 1 saturated carbocycles. The van der Waals surface area contributed by atoms with E-state index in [1.54, 1.807) is 19.9 Å². The first-order chi connectivity index (χ1) is 17.7. The van der Waals surface area contributed by atoms with E-state index >= 15 is 0 Å². The Morgan fingerprint density at radius 2 is 1.84 bits per heavy atom. The summed E-state index contributed by atoms with van der Waals surface area (Å²) in [5.41, 5.74) is 1.87. The van der Waals surface area contributed by atoms with Gasteiger partial charge >= 0.3 is 12.3 Å². The van der Waals surface area contributed by atoms with Crippen molar-refractivity contribution in [1.29, 1.82) is 0 Å².